The van der Waals surface area contributed by atoms with Crippen molar-refractivity contribution < 1.29 is 0 Å². The smallest absolute Gasteiger partial charge is 0.121 e. The molecule has 7 rings (SSSR count). The number of aromatic nitrogens is 2. The van der Waals surface area contributed by atoms with Gasteiger partial charge in [-0.15, -0.1) is 0 Å². The zero-order chi connectivity index (χ0) is 32.8. The van der Waals surface area contributed by atoms with E-state index in [4.69, 9.17) is 4.98 Å². The molecule has 0 saturated carbocycles. The Balaban J connectivity index is 1.35. The van der Waals surface area contributed by atoms with Crippen molar-refractivity contribution in [3.8, 4) is 17.2 Å². The Hall–Kier alpha value is -6.18. The molecule has 0 aliphatic carbocycles. The van der Waals surface area contributed by atoms with E-state index in [0.717, 1.165) is 44.8 Å². The molecule has 4 nitrogen and oxygen atoms in total. The van der Waals surface area contributed by atoms with Gasteiger partial charge in [0.25, 0.3) is 0 Å². The Morgan fingerprint density at radius 2 is 1.17 bits per heavy atom. The highest BCUT2D eigenvalue weighted by Crippen LogP contribution is 2.41. The Bertz CT molecular complexity index is 2050. The lowest BCUT2D eigenvalue weighted by atomic mass is 9.77. The highest BCUT2D eigenvalue weighted by molar-refractivity contribution is 5.77. The summed E-state index contributed by atoms with van der Waals surface area (Å²) in [4.78, 5) is 7.41. The molecule has 0 spiro atoms. The van der Waals surface area contributed by atoms with Crippen LogP contribution in [0.4, 0.5) is 5.69 Å². The fraction of sp³-hybridized carbons (Fsp3) is 0.0909. The Kier molecular flexibility index (Phi) is 8.68. The molecule has 6 aromatic carbocycles. The summed E-state index contributed by atoms with van der Waals surface area (Å²) >= 11 is 0. The summed E-state index contributed by atoms with van der Waals surface area (Å²) in [6, 6.07) is 59.3. The molecule has 0 aliphatic rings. The maximum Gasteiger partial charge on any atom is 0.121 e. The standard InChI is InChI=1S/C44H36N4/c1-34-16-14-15-25-42(34)43-28-41(27-26-36(43)29-45)47(30-35-17-6-2-7-18-35)31-40-32-48(33-46-40)44(37-19-8-3-9-20-37,38-21-10-4-11-22-38)39-23-12-5-13-24-39/h2-28,32-33H,30-31H2,1H3. The van der Waals surface area contributed by atoms with Crippen LogP contribution in [0.1, 0.15) is 39.1 Å². The van der Waals surface area contributed by atoms with Gasteiger partial charge in [-0.1, -0.05) is 146 Å². The van der Waals surface area contributed by atoms with E-state index >= 15 is 0 Å². The molecular formula is C44H36N4. The van der Waals surface area contributed by atoms with E-state index in [2.05, 4.69) is 168 Å². The van der Waals surface area contributed by atoms with Gasteiger partial charge in [0.05, 0.1) is 30.2 Å². The molecule has 0 bridgehead atoms. The first-order valence-electron chi connectivity index (χ1n) is 16.3. The molecule has 0 N–H and O–H groups in total. The maximum atomic E-state index is 10.1. The van der Waals surface area contributed by atoms with Crippen molar-refractivity contribution in [1.82, 2.24) is 9.55 Å². The first-order valence-corrected chi connectivity index (χ1v) is 16.3. The third kappa shape index (κ3) is 5.90. The summed E-state index contributed by atoms with van der Waals surface area (Å²) < 4.78 is 2.26. The van der Waals surface area contributed by atoms with Crippen LogP contribution in [0.15, 0.2) is 176 Å². The summed E-state index contributed by atoms with van der Waals surface area (Å²) in [7, 11) is 0. The van der Waals surface area contributed by atoms with Gasteiger partial charge in [0.2, 0.25) is 0 Å². The van der Waals surface area contributed by atoms with E-state index in [9.17, 15) is 5.26 Å². The predicted molar refractivity (Wildman–Crippen MR) is 194 cm³/mol. The number of rotatable bonds is 10. The number of aryl methyl sites for hydroxylation is 1. The summed E-state index contributed by atoms with van der Waals surface area (Å²) in [6.45, 7) is 3.36. The van der Waals surface area contributed by atoms with Gasteiger partial charge in [-0.2, -0.15) is 5.26 Å². The van der Waals surface area contributed by atoms with Crippen molar-refractivity contribution >= 4 is 5.69 Å². The molecule has 232 valence electrons. The van der Waals surface area contributed by atoms with Crippen LogP contribution in [-0.2, 0) is 18.6 Å². The fourth-order valence-electron chi connectivity index (χ4n) is 6.78. The third-order valence-corrected chi connectivity index (χ3v) is 9.09. The molecule has 0 amide bonds. The van der Waals surface area contributed by atoms with Gasteiger partial charge in [-0.3, -0.25) is 0 Å². The summed E-state index contributed by atoms with van der Waals surface area (Å²) in [6.07, 6.45) is 4.16. The number of benzene rings is 6. The first kappa shape index (κ1) is 30.5. The molecule has 0 fully saturated rings. The second-order valence-electron chi connectivity index (χ2n) is 12.1. The SMILES string of the molecule is Cc1ccccc1-c1cc(N(Cc2ccccc2)Cc2cn(C(c3ccccc3)(c3ccccc3)c3ccccc3)cn2)ccc1C#N. The van der Waals surface area contributed by atoms with Crippen LogP contribution in [0.3, 0.4) is 0 Å². The maximum absolute atomic E-state index is 10.1. The van der Waals surface area contributed by atoms with Gasteiger partial charge in [0.1, 0.15) is 5.54 Å². The van der Waals surface area contributed by atoms with Crippen LogP contribution in [-0.4, -0.2) is 9.55 Å². The van der Waals surface area contributed by atoms with Gasteiger partial charge in [0.15, 0.2) is 0 Å². The fourth-order valence-corrected chi connectivity index (χ4v) is 6.78. The minimum absolute atomic E-state index is 0.579. The minimum atomic E-state index is -0.633. The number of nitrogens with zero attached hydrogens (tertiary/aromatic N) is 4. The molecule has 0 atom stereocenters. The van der Waals surface area contributed by atoms with Crippen molar-refractivity contribution in [3.63, 3.8) is 0 Å². The lowest BCUT2D eigenvalue weighted by Crippen LogP contribution is -2.37. The highest BCUT2D eigenvalue weighted by Gasteiger charge is 2.38. The quantitative estimate of drug-likeness (QED) is 0.143. The summed E-state index contributed by atoms with van der Waals surface area (Å²) in [5.74, 6) is 0. The predicted octanol–water partition coefficient (Wildman–Crippen LogP) is 9.78. The van der Waals surface area contributed by atoms with E-state index in [1.807, 2.05) is 30.6 Å². The van der Waals surface area contributed by atoms with Crippen LogP contribution in [0, 0.1) is 18.3 Å². The zero-order valence-corrected chi connectivity index (χ0v) is 26.9. The summed E-state index contributed by atoms with van der Waals surface area (Å²) in [5, 5.41) is 10.1. The Morgan fingerprint density at radius 1 is 0.625 bits per heavy atom. The molecule has 4 heteroatoms. The molecule has 1 heterocycles. The number of nitriles is 1. The normalized spacial score (nSPS) is 11.2. The van der Waals surface area contributed by atoms with Crippen molar-refractivity contribution in [3.05, 3.63) is 215 Å². The molecule has 0 aliphatic heterocycles. The van der Waals surface area contributed by atoms with Gasteiger partial charge in [-0.25, -0.2) is 4.98 Å². The molecular weight excluding hydrogens is 585 g/mol. The highest BCUT2D eigenvalue weighted by atomic mass is 15.2. The third-order valence-electron chi connectivity index (χ3n) is 9.09. The second kappa shape index (κ2) is 13.7. The average Bonchev–Trinajstić information content (AvgIpc) is 3.62. The van der Waals surface area contributed by atoms with Crippen molar-refractivity contribution in [2.45, 2.75) is 25.6 Å². The van der Waals surface area contributed by atoms with Crippen LogP contribution < -0.4 is 4.90 Å². The Morgan fingerprint density at radius 3 is 1.73 bits per heavy atom. The first-order chi connectivity index (χ1) is 23.7. The Labute approximate surface area is 282 Å². The van der Waals surface area contributed by atoms with E-state index in [1.165, 1.54) is 5.56 Å². The van der Waals surface area contributed by atoms with Crippen LogP contribution >= 0.6 is 0 Å². The van der Waals surface area contributed by atoms with Crippen molar-refractivity contribution in [2.75, 3.05) is 4.90 Å². The van der Waals surface area contributed by atoms with Gasteiger partial charge in [-0.05, 0) is 58.5 Å². The minimum Gasteiger partial charge on any atom is -0.361 e. The lowest BCUT2D eigenvalue weighted by Gasteiger charge is -2.37. The van der Waals surface area contributed by atoms with Gasteiger partial charge in [0, 0.05) is 24.0 Å². The molecule has 7 aromatic rings. The monoisotopic (exact) mass is 620 g/mol. The van der Waals surface area contributed by atoms with Crippen molar-refractivity contribution in [2.24, 2.45) is 0 Å². The zero-order valence-electron chi connectivity index (χ0n) is 26.9. The second-order valence-corrected chi connectivity index (χ2v) is 12.1. The molecule has 0 radical (unpaired) electrons. The van der Waals surface area contributed by atoms with E-state index in [0.29, 0.717) is 18.7 Å². The average molecular weight is 621 g/mol. The van der Waals surface area contributed by atoms with Gasteiger partial charge < -0.3 is 9.47 Å². The lowest BCUT2D eigenvalue weighted by molar-refractivity contribution is 0.514. The van der Waals surface area contributed by atoms with Gasteiger partial charge >= 0.3 is 0 Å². The van der Waals surface area contributed by atoms with Crippen LogP contribution in [0.25, 0.3) is 11.1 Å². The van der Waals surface area contributed by atoms with E-state index in [1.54, 1.807) is 0 Å². The van der Waals surface area contributed by atoms with E-state index in [-0.39, 0.29) is 0 Å². The van der Waals surface area contributed by atoms with Crippen molar-refractivity contribution in [1.29, 1.82) is 5.26 Å². The number of hydrogen-bond donors (Lipinski definition) is 0. The number of anilines is 1. The molecule has 1 aromatic heterocycles. The number of hydrogen-bond acceptors (Lipinski definition) is 3. The van der Waals surface area contributed by atoms with Crippen LogP contribution in [0.2, 0.25) is 0 Å². The number of imidazole rings is 1. The molecule has 0 unspecified atom stereocenters. The summed E-state index contributed by atoms with van der Waals surface area (Å²) in [5.41, 5.74) is 9.82. The van der Waals surface area contributed by atoms with E-state index < -0.39 is 5.54 Å². The molecule has 0 saturated heterocycles. The van der Waals surface area contributed by atoms with Crippen LogP contribution in [0.5, 0.6) is 0 Å². The molecule has 48 heavy (non-hydrogen) atoms. The topological polar surface area (TPSA) is 44.9 Å². The largest absolute Gasteiger partial charge is 0.361 e.